The summed E-state index contributed by atoms with van der Waals surface area (Å²) in [5.74, 6) is -0.384. The summed E-state index contributed by atoms with van der Waals surface area (Å²) in [6.45, 7) is 2.77. The van der Waals surface area contributed by atoms with Crippen LogP contribution in [0.1, 0.15) is 13.3 Å². The van der Waals surface area contributed by atoms with Crippen LogP contribution in [0.2, 0.25) is 0 Å². The molecule has 0 saturated heterocycles. The van der Waals surface area contributed by atoms with Crippen molar-refractivity contribution in [2.45, 2.75) is 13.3 Å². The lowest BCUT2D eigenvalue weighted by Gasteiger charge is -2.02. The summed E-state index contributed by atoms with van der Waals surface area (Å²) in [7, 11) is 1.32. The van der Waals surface area contributed by atoms with Gasteiger partial charge in [0.25, 0.3) is 0 Å². The molecule has 0 N–H and O–H groups in total. The van der Waals surface area contributed by atoms with Crippen molar-refractivity contribution in [3.63, 3.8) is 0 Å². The van der Waals surface area contributed by atoms with E-state index >= 15 is 0 Å². The van der Waals surface area contributed by atoms with Gasteiger partial charge in [0.15, 0.2) is 0 Å². The molecule has 0 aliphatic carbocycles. The lowest BCUT2D eigenvalue weighted by molar-refractivity contribution is -0.151. The number of rotatable bonds is 6. The zero-order valence-electron chi connectivity index (χ0n) is 6.96. The molecule has 0 aromatic heterocycles. The highest BCUT2D eigenvalue weighted by molar-refractivity contribution is 5.70. The first kappa shape index (κ1) is 10.4. The average Bonchev–Trinajstić information content (AvgIpc) is 2.04. The van der Waals surface area contributed by atoms with Gasteiger partial charge in [0.05, 0.1) is 7.11 Å². The van der Waals surface area contributed by atoms with Crippen molar-refractivity contribution in [1.29, 1.82) is 0 Å². The second-order valence-electron chi connectivity index (χ2n) is 1.95. The zero-order chi connectivity index (χ0) is 8.53. The van der Waals surface area contributed by atoms with Crippen LogP contribution in [0.25, 0.3) is 0 Å². The van der Waals surface area contributed by atoms with E-state index in [1.807, 2.05) is 6.92 Å². The number of esters is 1. The highest BCUT2D eigenvalue weighted by Crippen LogP contribution is 1.83. The molecule has 0 heterocycles. The molecular weight excluding hydrogens is 148 g/mol. The largest absolute Gasteiger partial charge is 0.467 e. The maximum absolute atomic E-state index is 10.4. The van der Waals surface area contributed by atoms with Crippen LogP contribution in [0.5, 0.6) is 0 Å². The fourth-order valence-corrected chi connectivity index (χ4v) is 0.446. The number of methoxy groups -OCH3 is 1. The molecule has 0 aromatic carbocycles. The predicted molar refractivity (Wildman–Crippen MR) is 39.1 cm³/mol. The Morgan fingerprint density at radius 1 is 1.36 bits per heavy atom. The predicted octanol–water partition coefficient (Wildman–Crippen LogP) is 0.560. The Balaban J connectivity index is 2.95. The third-order valence-electron chi connectivity index (χ3n) is 0.963. The van der Waals surface area contributed by atoms with Gasteiger partial charge in [0.1, 0.15) is 13.4 Å². The van der Waals surface area contributed by atoms with Gasteiger partial charge < -0.3 is 14.2 Å². The van der Waals surface area contributed by atoms with Crippen LogP contribution in [0, 0.1) is 0 Å². The molecule has 0 fully saturated rings. The fourth-order valence-electron chi connectivity index (χ4n) is 0.446. The Morgan fingerprint density at radius 2 is 2.09 bits per heavy atom. The van der Waals surface area contributed by atoms with E-state index in [-0.39, 0.29) is 19.4 Å². The van der Waals surface area contributed by atoms with E-state index in [2.05, 4.69) is 4.74 Å². The SMILES string of the molecule is CCCOCOCC(=O)OC. The van der Waals surface area contributed by atoms with Crippen molar-refractivity contribution >= 4 is 5.97 Å². The maximum atomic E-state index is 10.4. The highest BCUT2D eigenvalue weighted by Gasteiger charge is 1.97. The van der Waals surface area contributed by atoms with Crippen LogP contribution >= 0.6 is 0 Å². The van der Waals surface area contributed by atoms with Crippen LogP contribution in [0.3, 0.4) is 0 Å². The highest BCUT2D eigenvalue weighted by atomic mass is 16.7. The Bertz CT molecular complexity index is 103. The summed E-state index contributed by atoms with van der Waals surface area (Å²) in [4.78, 5) is 10.4. The van der Waals surface area contributed by atoms with E-state index in [4.69, 9.17) is 9.47 Å². The average molecular weight is 162 g/mol. The Hall–Kier alpha value is -0.610. The second kappa shape index (κ2) is 7.50. The molecular formula is C7H14O4. The molecule has 0 aromatic rings. The molecule has 0 amide bonds. The minimum absolute atomic E-state index is 0.0415. The number of hydrogen-bond acceptors (Lipinski definition) is 4. The monoisotopic (exact) mass is 162 g/mol. The van der Waals surface area contributed by atoms with Crippen molar-refractivity contribution in [2.24, 2.45) is 0 Å². The van der Waals surface area contributed by atoms with Gasteiger partial charge in [-0.2, -0.15) is 0 Å². The number of ether oxygens (including phenoxy) is 3. The van der Waals surface area contributed by atoms with E-state index in [1.165, 1.54) is 7.11 Å². The van der Waals surface area contributed by atoms with Crippen molar-refractivity contribution < 1.29 is 19.0 Å². The van der Waals surface area contributed by atoms with Crippen LogP contribution in [-0.4, -0.2) is 33.1 Å². The molecule has 0 aliphatic heterocycles. The quantitative estimate of drug-likeness (QED) is 0.325. The Kier molecular flexibility index (Phi) is 7.08. The van der Waals surface area contributed by atoms with Gasteiger partial charge in [-0.25, -0.2) is 4.79 Å². The smallest absolute Gasteiger partial charge is 0.331 e. The van der Waals surface area contributed by atoms with E-state index in [1.54, 1.807) is 0 Å². The third-order valence-corrected chi connectivity index (χ3v) is 0.963. The van der Waals surface area contributed by atoms with E-state index in [0.29, 0.717) is 6.61 Å². The first-order chi connectivity index (χ1) is 5.31. The molecule has 4 heteroatoms. The van der Waals surface area contributed by atoms with Gasteiger partial charge in [-0.1, -0.05) is 6.92 Å². The fraction of sp³-hybridized carbons (Fsp3) is 0.857. The standard InChI is InChI=1S/C7H14O4/c1-3-4-10-6-11-5-7(8)9-2/h3-6H2,1-2H3. The molecule has 11 heavy (non-hydrogen) atoms. The second-order valence-corrected chi connectivity index (χ2v) is 1.95. The Morgan fingerprint density at radius 3 is 2.64 bits per heavy atom. The summed E-state index contributed by atoms with van der Waals surface area (Å²) < 4.78 is 14.1. The molecule has 0 radical (unpaired) electrons. The van der Waals surface area contributed by atoms with Crippen molar-refractivity contribution in [2.75, 3.05) is 27.1 Å². The lowest BCUT2D eigenvalue weighted by Crippen LogP contribution is -2.12. The minimum atomic E-state index is -0.384. The number of hydrogen-bond donors (Lipinski definition) is 0. The van der Waals surface area contributed by atoms with Crippen LogP contribution < -0.4 is 0 Å². The van der Waals surface area contributed by atoms with Gasteiger partial charge in [-0.3, -0.25) is 0 Å². The lowest BCUT2D eigenvalue weighted by atomic mass is 10.5. The van der Waals surface area contributed by atoms with Gasteiger partial charge >= 0.3 is 5.97 Å². The summed E-state index contributed by atoms with van der Waals surface area (Å²) in [5.41, 5.74) is 0. The number of carbonyl (C=O) groups is 1. The van der Waals surface area contributed by atoms with Crippen molar-refractivity contribution in [1.82, 2.24) is 0 Å². The topological polar surface area (TPSA) is 44.8 Å². The van der Waals surface area contributed by atoms with E-state index < -0.39 is 0 Å². The zero-order valence-corrected chi connectivity index (χ0v) is 6.96. The van der Waals surface area contributed by atoms with Crippen molar-refractivity contribution in [3.8, 4) is 0 Å². The first-order valence-electron chi connectivity index (χ1n) is 3.53. The number of carbonyl (C=O) groups excluding carboxylic acids is 1. The molecule has 0 bridgehead atoms. The maximum Gasteiger partial charge on any atom is 0.331 e. The normalized spacial score (nSPS) is 9.64. The van der Waals surface area contributed by atoms with E-state index in [9.17, 15) is 4.79 Å². The van der Waals surface area contributed by atoms with Crippen molar-refractivity contribution in [3.05, 3.63) is 0 Å². The minimum Gasteiger partial charge on any atom is -0.467 e. The first-order valence-corrected chi connectivity index (χ1v) is 3.53. The summed E-state index contributed by atoms with van der Waals surface area (Å²) in [5, 5.41) is 0. The van der Waals surface area contributed by atoms with E-state index in [0.717, 1.165) is 6.42 Å². The molecule has 0 saturated carbocycles. The molecule has 0 atom stereocenters. The van der Waals surface area contributed by atoms with Gasteiger partial charge in [0, 0.05) is 6.61 Å². The van der Waals surface area contributed by atoms with Crippen LogP contribution in [0.4, 0.5) is 0 Å². The third kappa shape index (κ3) is 7.29. The summed E-state index contributed by atoms with van der Waals surface area (Å²) in [6.07, 6.45) is 0.946. The molecule has 66 valence electrons. The molecule has 0 rings (SSSR count). The molecule has 0 spiro atoms. The van der Waals surface area contributed by atoms with Crippen LogP contribution in [-0.2, 0) is 19.0 Å². The van der Waals surface area contributed by atoms with Crippen LogP contribution in [0.15, 0.2) is 0 Å². The van der Waals surface area contributed by atoms with Gasteiger partial charge in [-0.05, 0) is 6.42 Å². The summed E-state index contributed by atoms with van der Waals surface area (Å²) >= 11 is 0. The Labute approximate surface area is 66.4 Å². The molecule has 0 unspecified atom stereocenters. The van der Waals surface area contributed by atoms with Gasteiger partial charge in [0.2, 0.25) is 0 Å². The summed E-state index contributed by atoms with van der Waals surface area (Å²) in [6, 6.07) is 0. The molecule has 4 nitrogen and oxygen atoms in total. The molecule has 0 aliphatic rings. The van der Waals surface area contributed by atoms with Gasteiger partial charge in [-0.15, -0.1) is 0 Å².